The first-order chi connectivity index (χ1) is 14.7. The fourth-order valence-corrected chi connectivity index (χ4v) is 3.65. The Morgan fingerprint density at radius 2 is 0.700 bits per heavy atom. The molecule has 0 heterocycles. The van der Waals surface area contributed by atoms with Gasteiger partial charge in [0.2, 0.25) is 0 Å². The minimum atomic E-state index is 1.02. The molecule has 0 heteroatoms. The van der Waals surface area contributed by atoms with Crippen molar-refractivity contribution in [3.8, 4) is 0 Å². The largest absolute Gasteiger partial charge is 0.0906 e. The molecule has 4 rings (SSSR count). The average Bonchev–Trinajstić information content (AvgIpc) is 2.83. The van der Waals surface area contributed by atoms with Gasteiger partial charge in [0.15, 0.2) is 0 Å². The van der Waals surface area contributed by atoms with Crippen molar-refractivity contribution in [3.05, 3.63) is 156 Å². The Bertz CT molecular complexity index is 1020. The van der Waals surface area contributed by atoms with Gasteiger partial charge in [-0.1, -0.05) is 122 Å². The highest BCUT2D eigenvalue weighted by Crippen LogP contribution is 2.23. The summed E-state index contributed by atoms with van der Waals surface area (Å²) in [6.07, 6.45) is 2.05. The van der Waals surface area contributed by atoms with Gasteiger partial charge in [-0.05, 0) is 57.4 Å². The molecular formula is C30H26. The van der Waals surface area contributed by atoms with Crippen LogP contribution in [0.25, 0.3) is 11.1 Å². The maximum absolute atomic E-state index is 4.26. The molecule has 0 aliphatic heterocycles. The molecule has 0 amide bonds. The fourth-order valence-electron chi connectivity index (χ4n) is 3.65. The highest BCUT2D eigenvalue weighted by molar-refractivity contribution is 5.78. The van der Waals surface area contributed by atoms with E-state index in [0.29, 0.717) is 0 Å². The van der Waals surface area contributed by atoms with Crippen LogP contribution in [0, 0.1) is 0 Å². The summed E-state index contributed by atoms with van der Waals surface area (Å²) in [7, 11) is 0. The van der Waals surface area contributed by atoms with Gasteiger partial charge in [0, 0.05) is 0 Å². The van der Waals surface area contributed by atoms with Crippen molar-refractivity contribution in [2.24, 2.45) is 0 Å². The summed E-state index contributed by atoms with van der Waals surface area (Å²) in [4.78, 5) is 0. The van der Waals surface area contributed by atoms with Crippen molar-refractivity contribution < 1.29 is 0 Å². The molecule has 0 N–H and O–H groups in total. The minimum absolute atomic E-state index is 1.02. The van der Waals surface area contributed by atoms with E-state index >= 15 is 0 Å². The second-order valence-electron chi connectivity index (χ2n) is 7.58. The average molecular weight is 387 g/mol. The monoisotopic (exact) mass is 386 g/mol. The highest BCUT2D eigenvalue weighted by Gasteiger charge is 2.04. The molecule has 0 aliphatic rings. The van der Waals surface area contributed by atoms with Crippen molar-refractivity contribution in [1.82, 2.24) is 0 Å². The van der Waals surface area contributed by atoms with Gasteiger partial charge < -0.3 is 0 Å². The van der Waals surface area contributed by atoms with Crippen LogP contribution in [0.4, 0.5) is 0 Å². The topological polar surface area (TPSA) is 0 Å². The molecule has 146 valence electrons. The van der Waals surface area contributed by atoms with Crippen LogP contribution in [-0.4, -0.2) is 0 Å². The van der Waals surface area contributed by atoms with Gasteiger partial charge in [-0.25, -0.2) is 0 Å². The highest BCUT2D eigenvalue weighted by atomic mass is 14.1. The van der Waals surface area contributed by atoms with Crippen LogP contribution in [0.5, 0.6) is 0 Å². The molecule has 0 saturated carbocycles. The predicted octanol–water partition coefficient (Wildman–Crippen LogP) is 7.59. The van der Waals surface area contributed by atoms with E-state index in [4.69, 9.17) is 0 Å². The van der Waals surface area contributed by atoms with Crippen LogP contribution in [0.2, 0.25) is 0 Å². The van der Waals surface area contributed by atoms with Crippen LogP contribution >= 0.6 is 0 Å². The van der Waals surface area contributed by atoms with Gasteiger partial charge in [0.25, 0.3) is 0 Å². The van der Waals surface area contributed by atoms with Crippen molar-refractivity contribution in [2.75, 3.05) is 0 Å². The number of hydrogen-bond donors (Lipinski definition) is 0. The maximum Gasteiger partial charge on any atom is -0.0183 e. The molecule has 4 aromatic carbocycles. The molecule has 4 aromatic rings. The van der Waals surface area contributed by atoms with Gasteiger partial charge in [-0.3, -0.25) is 0 Å². The molecule has 30 heavy (non-hydrogen) atoms. The molecule has 0 radical (unpaired) electrons. The van der Waals surface area contributed by atoms with Crippen LogP contribution in [0.15, 0.2) is 122 Å². The third-order valence-electron chi connectivity index (χ3n) is 5.55. The maximum atomic E-state index is 4.26. The van der Waals surface area contributed by atoms with Gasteiger partial charge in [-0.15, -0.1) is 0 Å². The second-order valence-corrected chi connectivity index (χ2v) is 7.58. The molecule has 0 aromatic heterocycles. The summed E-state index contributed by atoms with van der Waals surface area (Å²) in [5, 5.41) is 0. The van der Waals surface area contributed by atoms with Crippen LogP contribution in [0.3, 0.4) is 0 Å². The number of rotatable bonds is 7. The molecule has 0 unspecified atom stereocenters. The van der Waals surface area contributed by atoms with Crippen molar-refractivity contribution in [2.45, 2.75) is 12.8 Å². The lowest BCUT2D eigenvalue weighted by atomic mass is 9.96. The molecule has 0 spiro atoms. The Balaban J connectivity index is 1.37. The fraction of sp³-hybridized carbons (Fsp3) is 0.0667. The smallest absolute Gasteiger partial charge is 0.0183 e. The minimum Gasteiger partial charge on any atom is -0.0906 e. The lowest BCUT2D eigenvalue weighted by molar-refractivity contribution is 0.960. The van der Waals surface area contributed by atoms with E-state index in [9.17, 15) is 0 Å². The van der Waals surface area contributed by atoms with Crippen LogP contribution < -0.4 is 0 Å². The van der Waals surface area contributed by atoms with Crippen LogP contribution in [-0.2, 0) is 12.8 Å². The van der Waals surface area contributed by atoms with Gasteiger partial charge in [0.05, 0.1) is 0 Å². The SMILES string of the molecule is C=C(c1ccccc1)c1ccc(CCc2ccc(C(=C)c3ccccc3)cc2)cc1. The van der Waals surface area contributed by atoms with E-state index in [1.54, 1.807) is 0 Å². The summed E-state index contributed by atoms with van der Waals surface area (Å²) >= 11 is 0. The normalized spacial score (nSPS) is 10.5. The van der Waals surface area contributed by atoms with Gasteiger partial charge in [-0.2, -0.15) is 0 Å². The summed E-state index contributed by atoms with van der Waals surface area (Å²) in [6.45, 7) is 8.51. The number of hydrogen-bond acceptors (Lipinski definition) is 0. The van der Waals surface area contributed by atoms with Crippen LogP contribution in [0.1, 0.15) is 33.4 Å². The Labute approximate surface area is 179 Å². The molecule has 0 bridgehead atoms. The molecule has 0 fully saturated rings. The lowest BCUT2D eigenvalue weighted by Gasteiger charge is -2.09. The van der Waals surface area contributed by atoms with E-state index in [0.717, 1.165) is 24.0 Å². The molecular weight excluding hydrogens is 360 g/mol. The first kappa shape index (κ1) is 19.7. The van der Waals surface area contributed by atoms with Crippen molar-refractivity contribution in [1.29, 1.82) is 0 Å². The van der Waals surface area contributed by atoms with Crippen molar-refractivity contribution >= 4 is 11.1 Å². The zero-order valence-corrected chi connectivity index (χ0v) is 17.2. The van der Waals surface area contributed by atoms with E-state index in [1.807, 2.05) is 12.1 Å². The second kappa shape index (κ2) is 9.24. The number of aryl methyl sites for hydroxylation is 2. The molecule has 0 nitrogen and oxygen atoms in total. The van der Waals surface area contributed by atoms with Crippen molar-refractivity contribution in [3.63, 3.8) is 0 Å². The molecule has 0 atom stereocenters. The summed E-state index contributed by atoms with van der Waals surface area (Å²) in [5.41, 5.74) is 9.51. The standard InChI is InChI=1S/C30H26/c1-23(27-9-5-3-6-10-27)29-19-15-25(16-20-29)13-14-26-17-21-30(22-18-26)24(2)28-11-7-4-8-12-28/h3-12,15-22H,1-2,13-14H2. The van der Waals surface area contributed by atoms with E-state index < -0.39 is 0 Å². The molecule has 0 saturated heterocycles. The first-order valence-electron chi connectivity index (χ1n) is 10.4. The quantitative estimate of drug-likeness (QED) is 0.307. The Kier molecular flexibility index (Phi) is 6.06. The number of benzene rings is 4. The summed E-state index contributed by atoms with van der Waals surface area (Å²) in [6, 6.07) is 38.3. The first-order valence-corrected chi connectivity index (χ1v) is 10.4. The predicted molar refractivity (Wildman–Crippen MR) is 129 cm³/mol. The summed E-state index contributed by atoms with van der Waals surface area (Å²) in [5.74, 6) is 0. The van der Waals surface area contributed by atoms with E-state index in [-0.39, 0.29) is 0 Å². The van der Waals surface area contributed by atoms with E-state index in [2.05, 4.69) is 110 Å². The molecule has 0 aliphatic carbocycles. The zero-order valence-electron chi connectivity index (χ0n) is 17.2. The van der Waals surface area contributed by atoms with E-state index in [1.165, 1.54) is 33.4 Å². The third kappa shape index (κ3) is 4.67. The Hall–Kier alpha value is -3.64. The Morgan fingerprint density at radius 3 is 1.03 bits per heavy atom. The third-order valence-corrected chi connectivity index (χ3v) is 5.55. The zero-order chi connectivity index (χ0) is 20.8. The van der Waals surface area contributed by atoms with Gasteiger partial charge >= 0.3 is 0 Å². The summed E-state index contributed by atoms with van der Waals surface area (Å²) < 4.78 is 0. The lowest BCUT2D eigenvalue weighted by Crippen LogP contribution is -1.93. The Morgan fingerprint density at radius 1 is 0.400 bits per heavy atom. The van der Waals surface area contributed by atoms with Gasteiger partial charge in [0.1, 0.15) is 0 Å².